The highest BCUT2D eigenvalue weighted by molar-refractivity contribution is 9.10. The maximum absolute atomic E-state index is 12.3. The number of nitrogens with zero attached hydrogens (tertiary/aromatic N) is 2. The quantitative estimate of drug-likeness (QED) is 0.861. The Hall–Kier alpha value is -1.89. The molecule has 0 bridgehead atoms. The van der Waals surface area contributed by atoms with Crippen molar-refractivity contribution in [2.75, 3.05) is 26.7 Å². The molecule has 2 amide bonds. The van der Waals surface area contributed by atoms with Gasteiger partial charge in [-0.25, -0.2) is 0 Å². The van der Waals surface area contributed by atoms with E-state index in [-0.39, 0.29) is 24.9 Å². The van der Waals surface area contributed by atoms with Gasteiger partial charge in [0.15, 0.2) is 0 Å². The standard InChI is InChI=1S/C16H19BrN2O4/c1-18(15(21)11-4-2-6-13(17)8-11)10-14(20)19-7-3-5-12(9-19)16(22)23/h2,4,6,8,12H,3,5,7,9-10H2,1H3,(H,22,23). The summed E-state index contributed by atoms with van der Waals surface area (Å²) in [5.41, 5.74) is 0.497. The Bertz CT molecular complexity index is 620. The van der Waals surface area contributed by atoms with Gasteiger partial charge in [0, 0.05) is 30.2 Å². The highest BCUT2D eigenvalue weighted by Gasteiger charge is 2.29. The molecule has 0 spiro atoms. The Labute approximate surface area is 143 Å². The van der Waals surface area contributed by atoms with Crippen LogP contribution in [0.5, 0.6) is 0 Å². The van der Waals surface area contributed by atoms with E-state index in [1.165, 1.54) is 9.80 Å². The van der Waals surface area contributed by atoms with E-state index in [1.54, 1.807) is 25.2 Å². The van der Waals surface area contributed by atoms with Gasteiger partial charge in [0.2, 0.25) is 5.91 Å². The van der Waals surface area contributed by atoms with Crippen molar-refractivity contribution in [1.29, 1.82) is 0 Å². The summed E-state index contributed by atoms with van der Waals surface area (Å²) in [5, 5.41) is 9.08. The predicted octanol–water partition coefficient (Wildman–Crippen LogP) is 1.84. The molecule has 1 atom stereocenters. The Kier molecular flexibility index (Phi) is 5.76. The molecule has 1 aliphatic rings. The number of hydrogen-bond donors (Lipinski definition) is 1. The number of piperidine rings is 1. The summed E-state index contributed by atoms with van der Waals surface area (Å²) < 4.78 is 0.795. The average molecular weight is 383 g/mol. The molecular weight excluding hydrogens is 364 g/mol. The maximum atomic E-state index is 12.3. The van der Waals surface area contributed by atoms with Crippen molar-refractivity contribution in [1.82, 2.24) is 9.80 Å². The van der Waals surface area contributed by atoms with E-state index in [0.29, 0.717) is 24.9 Å². The number of likely N-dealkylation sites (N-methyl/N-ethyl adjacent to an activating group) is 1. The maximum Gasteiger partial charge on any atom is 0.308 e. The highest BCUT2D eigenvalue weighted by atomic mass is 79.9. The van der Waals surface area contributed by atoms with E-state index >= 15 is 0 Å². The number of likely N-dealkylation sites (tertiary alicyclic amines) is 1. The second kappa shape index (κ2) is 7.59. The number of halogens is 1. The largest absolute Gasteiger partial charge is 0.481 e. The van der Waals surface area contributed by atoms with Crippen LogP contribution in [0.4, 0.5) is 0 Å². The molecule has 6 nitrogen and oxygen atoms in total. The van der Waals surface area contributed by atoms with Crippen LogP contribution in [0.25, 0.3) is 0 Å². The molecule has 1 saturated heterocycles. The van der Waals surface area contributed by atoms with Crippen LogP contribution in [0, 0.1) is 5.92 Å². The van der Waals surface area contributed by atoms with Gasteiger partial charge in [-0.3, -0.25) is 14.4 Å². The SMILES string of the molecule is CN(CC(=O)N1CCCC(C(=O)O)C1)C(=O)c1cccc(Br)c1. The van der Waals surface area contributed by atoms with Gasteiger partial charge in [0.05, 0.1) is 12.5 Å². The van der Waals surface area contributed by atoms with E-state index < -0.39 is 11.9 Å². The molecule has 0 aromatic heterocycles. The van der Waals surface area contributed by atoms with Gasteiger partial charge < -0.3 is 14.9 Å². The third-order valence-corrected chi connectivity index (χ3v) is 4.41. The van der Waals surface area contributed by atoms with Crippen molar-refractivity contribution >= 4 is 33.7 Å². The van der Waals surface area contributed by atoms with Crippen molar-refractivity contribution in [3.63, 3.8) is 0 Å². The summed E-state index contributed by atoms with van der Waals surface area (Å²) in [6, 6.07) is 6.97. The lowest BCUT2D eigenvalue weighted by Crippen LogP contribution is -2.46. The third kappa shape index (κ3) is 4.54. The predicted molar refractivity (Wildman–Crippen MR) is 88.0 cm³/mol. The molecule has 23 heavy (non-hydrogen) atoms. The molecule has 1 aliphatic heterocycles. The first-order chi connectivity index (χ1) is 10.9. The fourth-order valence-electron chi connectivity index (χ4n) is 2.62. The molecule has 124 valence electrons. The van der Waals surface area contributed by atoms with Crippen LogP contribution in [0.3, 0.4) is 0 Å². The van der Waals surface area contributed by atoms with Gasteiger partial charge in [0.1, 0.15) is 0 Å². The van der Waals surface area contributed by atoms with Gasteiger partial charge in [-0.2, -0.15) is 0 Å². The second-order valence-corrected chi connectivity index (χ2v) is 6.60. The first-order valence-electron chi connectivity index (χ1n) is 7.40. The summed E-state index contributed by atoms with van der Waals surface area (Å²) in [6.07, 6.45) is 1.26. The summed E-state index contributed by atoms with van der Waals surface area (Å²) in [5.74, 6) is -1.85. The van der Waals surface area contributed by atoms with Crippen LogP contribution >= 0.6 is 15.9 Å². The average Bonchev–Trinajstić information content (AvgIpc) is 2.54. The van der Waals surface area contributed by atoms with Gasteiger partial charge in [-0.1, -0.05) is 22.0 Å². The van der Waals surface area contributed by atoms with Gasteiger partial charge in [-0.05, 0) is 31.0 Å². The minimum atomic E-state index is -0.874. The number of aliphatic carboxylic acids is 1. The molecule has 1 aromatic carbocycles. The third-order valence-electron chi connectivity index (χ3n) is 3.91. The monoisotopic (exact) mass is 382 g/mol. The van der Waals surface area contributed by atoms with Crippen LogP contribution in [0.2, 0.25) is 0 Å². The number of amides is 2. The molecule has 0 radical (unpaired) electrons. The Balaban J connectivity index is 1.96. The summed E-state index contributed by atoms with van der Waals surface area (Å²) in [6.45, 7) is 0.701. The zero-order valence-corrected chi connectivity index (χ0v) is 14.5. The van der Waals surface area contributed by atoms with Crippen molar-refractivity contribution < 1.29 is 19.5 Å². The Morgan fingerprint density at radius 1 is 1.39 bits per heavy atom. The Morgan fingerprint density at radius 3 is 2.78 bits per heavy atom. The van der Waals surface area contributed by atoms with Crippen LogP contribution in [0.1, 0.15) is 23.2 Å². The molecule has 0 aliphatic carbocycles. The first kappa shape index (κ1) is 17.5. The van der Waals surface area contributed by atoms with Gasteiger partial charge in [-0.15, -0.1) is 0 Å². The molecule has 1 unspecified atom stereocenters. The summed E-state index contributed by atoms with van der Waals surface area (Å²) in [4.78, 5) is 38.6. The van der Waals surface area contributed by atoms with Crippen LogP contribution in [-0.2, 0) is 9.59 Å². The zero-order chi connectivity index (χ0) is 17.0. The van der Waals surface area contributed by atoms with Crippen LogP contribution < -0.4 is 0 Å². The molecule has 2 rings (SSSR count). The molecule has 1 fully saturated rings. The zero-order valence-electron chi connectivity index (χ0n) is 12.9. The van der Waals surface area contributed by atoms with Crippen molar-refractivity contribution in [2.45, 2.75) is 12.8 Å². The fraction of sp³-hybridized carbons (Fsp3) is 0.438. The lowest BCUT2D eigenvalue weighted by molar-refractivity contribution is -0.145. The number of carbonyl (C=O) groups excluding carboxylic acids is 2. The summed E-state index contributed by atoms with van der Waals surface area (Å²) in [7, 11) is 1.57. The summed E-state index contributed by atoms with van der Waals surface area (Å²) >= 11 is 3.31. The molecule has 1 N–H and O–H groups in total. The lowest BCUT2D eigenvalue weighted by atomic mass is 9.98. The Morgan fingerprint density at radius 2 is 2.13 bits per heavy atom. The number of hydrogen-bond acceptors (Lipinski definition) is 3. The van der Waals surface area contributed by atoms with E-state index in [0.717, 1.165) is 4.47 Å². The number of carbonyl (C=O) groups is 3. The topological polar surface area (TPSA) is 77.9 Å². The number of benzene rings is 1. The van der Waals surface area contributed by atoms with Crippen molar-refractivity contribution in [3.05, 3.63) is 34.3 Å². The van der Waals surface area contributed by atoms with E-state index in [2.05, 4.69) is 15.9 Å². The van der Waals surface area contributed by atoms with Gasteiger partial charge in [0.25, 0.3) is 5.91 Å². The normalized spacial score (nSPS) is 17.7. The molecular formula is C16H19BrN2O4. The minimum Gasteiger partial charge on any atom is -0.481 e. The molecule has 1 heterocycles. The van der Waals surface area contributed by atoms with Crippen LogP contribution in [0.15, 0.2) is 28.7 Å². The van der Waals surface area contributed by atoms with Crippen LogP contribution in [-0.4, -0.2) is 59.4 Å². The number of rotatable bonds is 4. The molecule has 0 saturated carbocycles. The highest BCUT2D eigenvalue weighted by Crippen LogP contribution is 2.17. The van der Waals surface area contributed by atoms with E-state index in [4.69, 9.17) is 5.11 Å². The molecule has 1 aromatic rings. The van der Waals surface area contributed by atoms with E-state index in [9.17, 15) is 14.4 Å². The van der Waals surface area contributed by atoms with E-state index in [1.807, 2.05) is 6.07 Å². The first-order valence-corrected chi connectivity index (χ1v) is 8.19. The fourth-order valence-corrected chi connectivity index (χ4v) is 3.02. The molecule has 7 heteroatoms. The van der Waals surface area contributed by atoms with Crippen molar-refractivity contribution in [3.8, 4) is 0 Å². The smallest absolute Gasteiger partial charge is 0.308 e. The second-order valence-electron chi connectivity index (χ2n) is 5.69. The van der Waals surface area contributed by atoms with Gasteiger partial charge >= 0.3 is 5.97 Å². The minimum absolute atomic E-state index is 0.0579. The number of carboxylic acid groups (broad SMARTS) is 1. The van der Waals surface area contributed by atoms with Crippen molar-refractivity contribution in [2.24, 2.45) is 5.92 Å². The number of carboxylic acids is 1. The lowest BCUT2D eigenvalue weighted by Gasteiger charge is -2.32.